The molecule has 124 valence electrons. The number of aryl methyl sites for hydroxylation is 1. The molecule has 0 saturated carbocycles. The van der Waals surface area contributed by atoms with Gasteiger partial charge in [-0.3, -0.25) is 4.79 Å². The van der Waals surface area contributed by atoms with Crippen molar-refractivity contribution in [3.63, 3.8) is 0 Å². The monoisotopic (exact) mass is 340 g/mol. The minimum Gasteiger partial charge on any atom is -0.345 e. The maximum absolute atomic E-state index is 13.2. The molecule has 1 unspecified atom stereocenters. The minimum atomic E-state index is -0.955. The predicted octanol–water partition coefficient (Wildman–Crippen LogP) is 4.84. The van der Waals surface area contributed by atoms with Crippen molar-refractivity contribution < 1.29 is 13.6 Å². The fourth-order valence-corrected chi connectivity index (χ4v) is 2.04. The number of hydrogen-bond donors (Lipinski definition) is 1. The van der Waals surface area contributed by atoms with Crippen molar-refractivity contribution in [3.8, 4) is 0 Å². The van der Waals surface area contributed by atoms with E-state index in [0.717, 1.165) is 17.7 Å². The Morgan fingerprint density at radius 1 is 1.22 bits per heavy atom. The van der Waals surface area contributed by atoms with E-state index in [1.165, 1.54) is 6.07 Å². The summed E-state index contributed by atoms with van der Waals surface area (Å²) in [6.07, 6.45) is 1.55. The summed E-state index contributed by atoms with van der Waals surface area (Å²) in [5.41, 5.74) is 1.50. The largest absolute Gasteiger partial charge is 0.345 e. The number of carbonyl (C=O) groups excluding carboxylic acids is 1. The van der Waals surface area contributed by atoms with Gasteiger partial charge in [-0.05, 0) is 43.2 Å². The molecule has 0 aliphatic carbocycles. The molecule has 0 radical (unpaired) electrons. The minimum absolute atomic E-state index is 0.0931. The van der Waals surface area contributed by atoms with Gasteiger partial charge in [-0.15, -0.1) is 0 Å². The summed E-state index contributed by atoms with van der Waals surface area (Å²) in [6.45, 7) is 7.46. The van der Waals surface area contributed by atoms with Crippen LogP contribution in [0.15, 0.2) is 30.5 Å². The van der Waals surface area contributed by atoms with Gasteiger partial charge in [0.2, 0.25) is 0 Å². The zero-order chi connectivity index (χ0) is 17.6. The third kappa shape index (κ3) is 4.99. The van der Waals surface area contributed by atoms with Gasteiger partial charge in [0.25, 0.3) is 5.91 Å². The summed E-state index contributed by atoms with van der Waals surface area (Å²) in [6, 6.07) is 4.61. The average Bonchev–Trinajstić information content (AvgIpc) is 2.54. The molecule has 2 rings (SSSR count). The maximum atomic E-state index is 13.2. The van der Waals surface area contributed by atoms with Crippen LogP contribution in [0.25, 0.3) is 0 Å². The first-order valence-electron chi connectivity index (χ1n) is 7.26. The number of carbonyl (C=O) groups is 1. The van der Waals surface area contributed by atoms with Gasteiger partial charge in [-0.1, -0.05) is 31.5 Å². The average molecular weight is 341 g/mol. The third-order valence-electron chi connectivity index (χ3n) is 3.01. The van der Waals surface area contributed by atoms with Gasteiger partial charge in [0.1, 0.15) is 5.15 Å². The molecule has 0 aliphatic heterocycles. The predicted molar refractivity (Wildman–Crippen MR) is 87.6 cm³/mol. The number of nitrogens with zero attached hydrogens (tertiary/aromatic N) is 1. The second-order valence-corrected chi connectivity index (χ2v) is 5.08. The standard InChI is InChI=1S/C15H13ClF2N2O.C2H6/c1-8-5-11(14(16)19-7-8)15(21)20-9(2)10-3-4-12(17)13(18)6-10;1-2/h3-7,9H,1-2H3,(H,20,21);1-2H3. The van der Waals surface area contributed by atoms with Crippen LogP contribution in [0.4, 0.5) is 8.78 Å². The van der Waals surface area contributed by atoms with Crippen LogP contribution < -0.4 is 5.32 Å². The first-order chi connectivity index (χ1) is 10.9. The Morgan fingerprint density at radius 2 is 1.87 bits per heavy atom. The van der Waals surface area contributed by atoms with Gasteiger partial charge >= 0.3 is 0 Å². The molecule has 1 aromatic carbocycles. The van der Waals surface area contributed by atoms with Crippen molar-refractivity contribution in [2.24, 2.45) is 0 Å². The van der Waals surface area contributed by atoms with Crippen LogP contribution >= 0.6 is 11.6 Å². The van der Waals surface area contributed by atoms with Crippen LogP contribution in [-0.2, 0) is 0 Å². The highest BCUT2D eigenvalue weighted by molar-refractivity contribution is 6.32. The topological polar surface area (TPSA) is 42.0 Å². The molecule has 1 amide bonds. The molecule has 1 atom stereocenters. The van der Waals surface area contributed by atoms with Crippen molar-refractivity contribution >= 4 is 17.5 Å². The fourth-order valence-electron chi connectivity index (χ4n) is 1.85. The number of amides is 1. The summed E-state index contributed by atoms with van der Waals surface area (Å²) in [5, 5.41) is 2.77. The number of pyridine rings is 1. The van der Waals surface area contributed by atoms with Crippen LogP contribution in [0.5, 0.6) is 0 Å². The zero-order valence-electron chi connectivity index (χ0n) is 13.5. The highest BCUT2D eigenvalue weighted by Crippen LogP contribution is 2.19. The van der Waals surface area contributed by atoms with Crippen LogP contribution in [0.2, 0.25) is 5.15 Å². The molecule has 3 nitrogen and oxygen atoms in total. The van der Waals surface area contributed by atoms with E-state index in [2.05, 4.69) is 10.3 Å². The molecule has 6 heteroatoms. The first-order valence-corrected chi connectivity index (χ1v) is 7.64. The van der Waals surface area contributed by atoms with Crippen LogP contribution in [0.1, 0.15) is 48.3 Å². The molecular weight excluding hydrogens is 322 g/mol. The Labute approximate surface area is 139 Å². The summed E-state index contributed by atoms with van der Waals surface area (Å²) in [5.74, 6) is -2.31. The van der Waals surface area contributed by atoms with E-state index in [4.69, 9.17) is 11.6 Å². The zero-order valence-corrected chi connectivity index (χ0v) is 14.2. The number of nitrogens with one attached hydrogen (secondary N) is 1. The molecular formula is C17H19ClF2N2O. The Balaban J connectivity index is 0.00000127. The molecule has 0 fully saturated rings. The van der Waals surface area contributed by atoms with Gasteiger partial charge < -0.3 is 5.32 Å². The lowest BCUT2D eigenvalue weighted by atomic mass is 10.1. The maximum Gasteiger partial charge on any atom is 0.254 e. The first kappa shape index (κ1) is 19.0. The van der Waals surface area contributed by atoms with E-state index in [9.17, 15) is 13.6 Å². The van der Waals surface area contributed by atoms with Crippen molar-refractivity contribution in [2.75, 3.05) is 0 Å². The third-order valence-corrected chi connectivity index (χ3v) is 3.31. The molecule has 1 heterocycles. The lowest BCUT2D eigenvalue weighted by Crippen LogP contribution is -2.27. The Kier molecular flexibility index (Phi) is 7.10. The van der Waals surface area contributed by atoms with Crippen LogP contribution in [-0.4, -0.2) is 10.9 Å². The quantitative estimate of drug-likeness (QED) is 0.812. The molecule has 0 bridgehead atoms. The van der Waals surface area contributed by atoms with E-state index >= 15 is 0 Å². The van der Waals surface area contributed by atoms with E-state index in [1.54, 1.807) is 26.1 Å². The number of halogens is 3. The normalized spacial score (nSPS) is 11.3. The van der Waals surface area contributed by atoms with Crippen LogP contribution in [0, 0.1) is 18.6 Å². The van der Waals surface area contributed by atoms with Crippen molar-refractivity contribution in [2.45, 2.75) is 33.7 Å². The van der Waals surface area contributed by atoms with E-state index in [1.807, 2.05) is 13.8 Å². The second-order valence-electron chi connectivity index (χ2n) is 4.72. The Morgan fingerprint density at radius 3 is 2.48 bits per heavy atom. The number of rotatable bonds is 3. The van der Waals surface area contributed by atoms with Gasteiger partial charge in [0, 0.05) is 6.20 Å². The second kappa shape index (κ2) is 8.58. The molecule has 2 aromatic rings. The summed E-state index contributed by atoms with van der Waals surface area (Å²) in [4.78, 5) is 16.1. The number of aromatic nitrogens is 1. The molecule has 1 N–H and O–H groups in total. The van der Waals surface area contributed by atoms with E-state index < -0.39 is 23.6 Å². The Bertz CT molecular complexity index is 692. The summed E-state index contributed by atoms with van der Waals surface area (Å²) >= 11 is 5.89. The Hall–Kier alpha value is -2.01. The highest BCUT2D eigenvalue weighted by atomic mass is 35.5. The smallest absolute Gasteiger partial charge is 0.254 e. The van der Waals surface area contributed by atoms with Crippen molar-refractivity contribution in [1.82, 2.24) is 10.3 Å². The molecule has 23 heavy (non-hydrogen) atoms. The molecule has 0 aliphatic rings. The van der Waals surface area contributed by atoms with Crippen LogP contribution in [0.3, 0.4) is 0 Å². The lowest BCUT2D eigenvalue weighted by Gasteiger charge is -2.15. The lowest BCUT2D eigenvalue weighted by molar-refractivity contribution is 0.0939. The van der Waals surface area contributed by atoms with Crippen molar-refractivity contribution in [1.29, 1.82) is 0 Å². The van der Waals surface area contributed by atoms with Gasteiger partial charge in [-0.2, -0.15) is 0 Å². The fraction of sp³-hybridized carbons (Fsp3) is 0.294. The van der Waals surface area contributed by atoms with Gasteiger partial charge in [-0.25, -0.2) is 13.8 Å². The SMILES string of the molecule is CC.Cc1cnc(Cl)c(C(=O)NC(C)c2ccc(F)c(F)c2)c1. The number of benzene rings is 1. The highest BCUT2D eigenvalue weighted by Gasteiger charge is 2.16. The summed E-state index contributed by atoms with van der Waals surface area (Å²) in [7, 11) is 0. The van der Waals surface area contributed by atoms with Crippen molar-refractivity contribution in [3.05, 3.63) is 63.9 Å². The summed E-state index contributed by atoms with van der Waals surface area (Å²) < 4.78 is 26.1. The van der Waals surface area contributed by atoms with E-state index in [0.29, 0.717) is 5.56 Å². The molecule has 0 spiro atoms. The van der Waals surface area contributed by atoms with Gasteiger partial charge in [0.05, 0.1) is 11.6 Å². The number of hydrogen-bond acceptors (Lipinski definition) is 2. The molecule has 0 saturated heterocycles. The van der Waals surface area contributed by atoms with E-state index in [-0.39, 0.29) is 10.7 Å². The molecule has 1 aromatic heterocycles. The van der Waals surface area contributed by atoms with Gasteiger partial charge in [0.15, 0.2) is 11.6 Å².